The molecule has 7 nitrogen and oxygen atoms in total. The SMILES string of the molecule is O=C([O-])CC[C@H](CP(=O)([O-])[O-])C(=O)[O-]. The first kappa shape index (κ1) is 13.1. The molecular formula is C6H7O7P-4. The van der Waals surface area contributed by atoms with Crippen LogP contribution in [0.1, 0.15) is 12.8 Å². The van der Waals surface area contributed by atoms with Crippen LogP contribution in [0.2, 0.25) is 0 Å². The van der Waals surface area contributed by atoms with E-state index in [1.165, 1.54) is 0 Å². The summed E-state index contributed by atoms with van der Waals surface area (Å²) in [5.74, 6) is -4.85. The van der Waals surface area contributed by atoms with Crippen LogP contribution in [0.4, 0.5) is 0 Å². The lowest BCUT2D eigenvalue weighted by molar-refractivity contribution is -0.323. The van der Waals surface area contributed by atoms with Crippen molar-refractivity contribution in [2.75, 3.05) is 6.16 Å². The molecule has 0 aromatic rings. The largest absolute Gasteiger partial charge is 0.811 e. The third-order valence-electron chi connectivity index (χ3n) is 1.47. The summed E-state index contributed by atoms with van der Waals surface area (Å²) >= 11 is 0. The van der Waals surface area contributed by atoms with Crippen LogP contribution in [0.25, 0.3) is 0 Å². The van der Waals surface area contributed by atoms with Crippen molar-refractivity contribution < 1.29 is 34.2 Å². The van der Waals surface area contributed by atoms with Crippen molar-refractivity contribution in [3.05, 3.63) is 0 Å². The van der Waals surface area contributed by atoms with Gasteiger partial charge >= 0.3 is 0 Å². The van der Waals surface area contributed by atoms with Gasteiger partial charge in [-0.15, -0.1) is 0 Å². The summed E-state index contributed by atoms with van der Waals surface area (Å²) in [6, 6.07) is 0. The fourth-order valence-electron chi connectivity index (χ4n) is 0.846. The molecule has 0 aromatic carbocycles. The van der Waals surface area contributed by atoms with Gasteiger partial charge in [-0.1, -0.05) is 7.60 Å². The van der Waals surface area contributed by atoms with E-state index >= 15 is 0 Å². The van der Waals surface area contributed by atoms with Gasteiger partial charge < -0.3 is 34.2 Å². The minimum atomic E-state index is -4.97. The summed E-state index contributed by atoms with van der Waals surface area (Å²) in [7, 11) is -4.97. The average molecular weight is 222 g/mol. The van der Waals surface area contributed by atoms with Crippen molar-refractivity contribution in [3.63, 3.8) is 0 Å². The number of carbonyl (C=O) groups is 2. The van der Waals surface area contributed by atoms with E-state index in [0.29, 0.717) is 0 Å². The first-order chi connectivity index (χ1) is 6.22. The van der Waals surface area contributed by atoms with Gasteiger partial charge in [-0.3, -0.25) is 0 Å². The predicted molar refractivity (Wildman–Crippen MR) is 35.2 cm³/mol. The Morgan fingerprint density at radius 3 is 2.00 bits per heavy atom. The fourth-order valence-corrected chi connectivity index (χ4v) is 1.72. The van der Waals surface area contributed by atoms with Crippen LogP contribution in [-0.2, 0) is 14.2 Å². The highest BCUT2D eigenvalue weighted by molar-refractivity contribution is 7.48. The van der Waals surface area contributed by atoms with Crippen LogP contribution in [-0.4, -0.2) is 18.1 Å². The molecule has 0 amide bonds. The fraction of sp³-hybridized carbons (Fsp3) is 0.667. The van der Waals surface area contributed by atoms with Crippen LogP contribution >= 0.6 is 7.60 Å². The van der Waals surface area contributed by atoms with Gasteiger partial charge in [0.1, 0.15) is 0 Å². The minimum absolute atomic E-state index is 0.487. The Balaban J connectivity index is 4.24. The van der Waals surface area contributed by atoms with Crippen molar-refractivity contribution >= 4 is 19.5 Å². The second-order valence-corrected chi connectivity index (χ2v) is 4.31. The van der Waals surface area contributed by atoms with Crippen molar-refractivity contribution in [2.24, 2.45) is 5.92 Å². The molecule has 0 rings (SSSR count). The second kappa shape index (κ2) is 5.09. The van der Waals surface area contributed by atoms with Crippen LogP contribution in [0.3, 0.4) is 0 Å². The summed E-state index contributed by atoms with van der Waals surface area (Å²) in [5.41, 5.74) is 0. The Hall–Kier alpha value is -0.910. The van der Waals surface area contributed by atoms with E-state index in [-0.39, 0.29) is 0 Å². The monoisotopic (exact) mass is 222 g/mol. The molecule has 0 saturated carbocycles. The minimum Gasteiger partial charge on any atom is -0.811 e. The van der Waals surface area contributed by atoms with Gasteiger partial charge in [0.05, 0.1) is 0 Å². The van der Waals surface area contributed by atoms with Gasteiger partial charge in [0.15, 0.2) is 0 Å². The summed E-state index contributed by atoms with van der Waals surface area (Å²) < 4.78 is 10.2. The van der Waals surface area contributed by atoms with Crippen molar-refractivity contribution in [2.45, 2.75) is 12.8 Å². The van der Waals surface area contributed by atoms with Crippen molar-refractivity contribution in [1.82, 2.24) is 0 Å². The number of aliphatic carboxylic acids is 2. The van der Waals surface area contributed by atoms with E-state index in [2.05, 4.69) is 0 Å². The lowest BCUT2D eigenvalue weighted by Crippen LogP contribution is -2.37. The summed E-state index contributed by atoms with van der Waals surface area (Å²) in [4.78, 5) is 40.6. The van der Waals surface area contributed by atoms with Crippen LogP contribution in [0.15, 0.2) is 0 Å². The summed E-state index contributed by atoms with van der Waals surface area (Å²) in [6.07, 6.45) is -2.25. The third kappa shape index (κ3) is 6.59. The molecule has 0 spiro atoms. The number of carboxylic acid groups (broad SMARTS) is 2. The zero-order valence-electron chi connectivity index (χ0n) is 7.00. The molecule has 14 heavy (non-hydrogen) atoms. The number of rotatable bonds is 6. The zero-order chi connectivity index (χ0) is 11.4. The Labute approximate surface area is 79.5 Å². The van der Waals surface area contributed by atoms with Gasteiger partial charge in [-0.2, -0.15) is 0 Å². The lowest BCUT2D eigenvalue weighted by atomic mass is 10.1. The van der Waals surface area contributed by atoms with Gasteiger partial charge in [0, 0.05) is 17.9 Å². The van der Waals surface area contributed by atoms with E-state index in [1.54, 1.807) is 0 Å². The molecule has 82 valence electrons. The average Bonchev–Trinajstić information content (AvgIpc) is 1.94. The van der Waals surface area contributed by atoms with Crippen molar-refractivity contribution in [1.29, 1.82) is 0 Å². The maximum absolute atomic E-state index is 10.3. The highest BCUT2D eigenvalue weighted by Crippen LogP contribution is 2.28. The smallest absolute Gasteiger partial charge is 0.0449 e. The summed E-state index contributed by atoms with van der Waals surface area (Å²) in [5, 5.41) is 20.2. The van der Waals surface area contributed by atoms with Crippen molar-refractivity contribution in [3.8, 4) is 0 Å². The highest BCUT2D eigenvalue weighted by atomic mass is 31.2. The number of hydrogen-bond donors (Lipinski definition) is 0. The quantitative estimate of drug-likeness (QED) is 0.414. The third-order valence-corrected chi connectivity index (χ3v) is 2.36. The van der Waals surface area contributed by atoms with Crippen LogP contribution < -0.4 is 20.0 Å². The Morgan fingerprint density at radius 1 is 1.21 bits per heavy atom. The first-order valence-corrected chi connectivity index (χ1v) is 5.37. The van der Waals surface area contributed by atoms with E-state index in [9.17, 15) is 34.2 Å². The van der Waals surface area contributed by atoms with Crippen LogP contribution in [0.5, 0.6) is 0 Å². The maximum atomic E-state index is 10.3. The van der Waals surface area contributed by atoms with Crippen LogP contribution in [0, 0.1) is 5.92 Å². The molecule has 0 heterocycles. The number of carbonyl (C=O) groups excluding carboxylic acids is 2. The molecule has 0 saturated heterocycles. The zero-order valence-corrected chi connectivity index (χ0v) is 7.90. The van der Waals surface area contributed by atoms with E-state index in [1.807, 2.05) is 0 Å². The molecule has 0 aromatic heterocycles. The van der Waals surface area contributed by atoms with E-state index in [4.69, 9.17) is 0 Å². The second-order valence-electron chi connectivity index (χ2n) is 2.72. The molecule has 0 radical (unpaired) electrons. The molecular weight excluding hydrogens is 215 g/mol. The maximum Gasteiger partial charge on any atom is 0.0449 e. The van der Waals surface area contributed by atoms with Gasteiger partial charge in [-0.25, -0.2) is 0 Å². The van der Waals surface area contributed by atoms with Gasteiger partial charge in [0.25, 0.3) is 0 Å². The summed E-state index contributed by atoms with van der Waals surface area (Å²) in [6.45, 7) is 0. The number of hydrogen-bond acceptors (Lipinski definition) is 7. The van der Waals surface area contributed by atoms with Gasteiger partial charge in [-0.05, 0) is 19.0 Å². The standard InChI is InChI=1S/C6H11O7P/c7-5(8)2-1-4(6(9)10)3-14(11,12)13/h4H,1-3H2,(H,7,8)(H,9,10)(H2,11,12,13)/p-4/t4-/m1/s1. The molecule has 0 aliphatic rings. The Bertz CT molecular complexity index is 267. The normalized spacial score (nSPS) is 13.6. The molecule has 0 bridgehead atoms. The Kier molecular flexibility index (Phi) is 4.76. The molecule has 0 aliphatic carbocycles. The van der Waals surface area contributed by atoms with E-state index in [0.717, 1.165) is 0 Å². The topological polar surface area (TPSA) is 143 Å². The molecule has 8 heteroatoms. The highest BCUT2D eigenvalue weighted by Gasteiger charge is 2.11. The molecule has 0 unspecified atom stereocenters. The van der Waals surface area contributed by atoms with E-state index < -0.39 is 44.5 Å². The predicted octanol–water partition coefficient (Wildman–Crippen LogP) is -4.20. The molecule has 1 atom stereocenters. The number of carboxylic acids is 2. The Morgan fingerprint density at radius 2 is 1.71 bits per heavy atom. The van der Waals surface area contributed by atoms with Gasteiger partial charge in [0.2, 0.25) is 0 Å². The lowest BCUT2D eigenvalue weighted by Gasteiger charge is -2.34. The first-order valence-electron chi connectivity index (χ1n) is 3.64. The molecule has 0 fully saturated rings. The molecule has 0 aliphatic heterocycles. The molecule has 0 N–H and O–H groups in total.